The van der Waals surface area contributed by atoms with Crippen LogP contribution in [-0.2, 0) is 0 Å². The highest BCUT2D eigenvalue weighted by atomic mass is 16.2. The SMILES string of the molecule is CC1CC=Cc2c1n(-c1cc3c4ccccc4c(=O)n4c(=O)c5ccccc5c(c1)c34)c1ccccc21. The summed E-state index contributed by atoms with van der Waals surface area (Å²) >= 11 is 0. The zero-order valence-electron chi connectivity index (χ0n) is 20.2. The predicted octanol–water partition coefficient (Wildman–Crippen LogP) is 7.02. The molecule has 0 saturated heterocycles. The van der Waals surface area contributed by atoms with Crippen molar-refractivity contribution < 1.29 is 0 Å². The minimum Gasteiger partial charge on any atom is -0.313 e. The summed E-state index contributed by atoms with van der Waals surface area (Å²) in [7, 11) is 0. The molecule has 0 bridgehead atoms. The monoisotopic (exact) mass is 478 g/mol. The van der Waals surface area contributed by atoms with Gasteiger partial charge in [-0.25, -0.2) is 4.40 Å². The van der Waals surface area contributed by atoms with E-state index < -0.39 is 0 Å². The molecule has 176 valence electrons. The summed E-state index contributed by atoms with van der Waals surface area (Å²) in [5.41, 5.74) is 4.94. The lowest BCUT2D eigenvalue weighted by Crippen LogP contribution is -2.27. The van der Waals surface area contributed by atoms with E-state index in [0.717, 1.165) is 39.2 Å². The summed E-state index contributed by atoms with van der Waals surface area (Å²) in [5.74, 6) is 0.360. The number of pyridine rings is 2. The van der Waals surface area contributed by atoms with Gasteiger partial charge in [-0.1, -0.05) is 73.7 Å². The highest BCUT2D eigenvalue weighted by molar-refractivity contribution is 6.18. The van der Waals surface area contributed by atoms with Gasteiger partial charge in [-0.3, -0.25) is 9.59 Å². The lowest BCUT2D eigenvalue weighted by molar-refractivity contribution is 0.724. The number of rotatable bonds is 1. The van der Waals surface area contributed by atoms with E-state index in [2.05, 4.69) is 60.0 Å². The molecule has 0 spiro atoms. The van der Waals surface area contributed by atoms with Gasteiger partial charge < -0.3 is 4.57 Å². The molecular weight excluding hydrogens is 456 g/mol. The van der Waals surface area contributed by atoms with E-state index in [0.29, 0.717) is 22.2 Å². The van der Waals surface area contributed by atoms with Crippen LogP contribution in [0, 0.1) is 0 Å². The Morgan fingerprint density at radius 3 is 1.84 bits per heavy atom. The van der Waals surface area contributed by atoms with E-state index in [1.807, 2.05) is 48.5 Å². The Hall–Kier alpha value is -4.70. The van der Waals surface area contributed by atoms with Crippen LogP contribution in [0.4, 0.5) is 0 Å². The van der Waals surface area contributed by atoms with E-state index in [-0.39, 0.29) is 11.1 Å². The van der Waals surface area contributed by atoms with E-state index in [1.54, 1.807) is 0 Å². The van der Waals surface area contributed by atoms with Gasteiger partial charge in [0.2, 0.25) is 0 Å². The van der Waals surface area contributed by atoms with Crippen LogP contribution < -0.4 is 11.1 Å². The summed E-state index contributed by atoms with van der Waals surface area (Å²) in [6.07, 6.45) is 5.51. The predicted molar refractivity (Wildman–Crippen MR) is 153 cm³/mol. The first kappa shape index (κ1) is 20.5. The second kappa shape index (κ2) is 7.17. The molecule has 37 heavy (non-hydrogen) atoms. The molecule has 4 heteroatoms. The van der Waals surface area contributed by atoms with Gasteiger partial charge in [0.05, 0.1) is 11.0 Å². The van der Waals surface area contributed by atoms with E-state index >= 15 is 0 Å². The molecule has 0 aliphatic heterocycles. The van der Waals surface area contributed by atoms with Gasteiger partial charge in [0, 0.05) is 49.8 Å². The zero-order valence-corrected chi connectivity index (χ0v) is 20.2. The highest BCUT2D eigenvalue weighted by Crippen LogP contribution is 2.41. The maximum Gasteiger partial charge on any atom is 0.266 e. The third-order valence-corrected chi connectivity index (χ3v) is 8.07. The summed E-state index contributed by atoms with van der Waals surface area (Å²) in [4.78, 5) is 27.3. The fourth-order valence-electron chi connectivity index (χ4n) is 6.47. The van der Waals surface area contributed by atoms with Crippen LogP contribution in [0.15, 0.2) is 101 Å². The van der Waals surface area contributed by atoms with Gasteiger partial charge in [0.1, 0.15) is 0 Å². The molecule has 1 atom stereocenters. The number of fused-ring (bicyclic) bond motifs is 7. The van der Waals surface area contributed by atoms with Gasteiger partial charge in [0.15, 0.2) is 0 Å². The first-order valence-corrected chi connectivity index (χ1v) is 12.7. The molecule has 1 unspecified atom stereocenters. The minimum absolute atomic E-state index is 0.265. The first-order valence-electron chi connectivity index (χ1n) is 12.7. The van der Waals surface area contributed by atoms with Gasteiger partial charge in [-0.15, -0.1) is 0 Å². The molecule has 3 heterocycles. The van der Waals surface area contributed by atoms with Gasteiger partial charge in [-0.05, 0) is 47.5 Å². The second-order valence-electron chi connectivity index (χ2n) is 10.1. The average Bonchev–Trinajstić information content (AvgIpc) is 3.28. The number of allylic oxidation sites excluding steroid dienone is 1. The number of nitrogens with zero attached hydrogens (tertiary/aromatic N) is 2. The number of aromatic nitrogens is 2. The standard InChI is InChI=1S/C33H22N2O2/c1-19-9-8-15-24-23-12-6-7-16-29(23)34(30(19)24)20-17-27-21-10-2-4-13-25(21)32(36)35-31(27)28(18-20)22-11-3-5-14-26(22)33(35)37/h2-8,10-19H,9H2,1H3. The van der Waals surface area contributed by atoms with E-state index in [1.165, 1.54) is 21.0 Å². The summed E-state index contributed by atoms with van der Waals surface area (Å²) < 4.78 is 3.77. The Bertz CT molecular complexity index is 2130. The third kappa shape index (κ3) is 2.57. The van der Waals surface area contributed by atoms with Crippen LogP contribution in [0.25, 0.3) is 60.5 Å². The third-order valence-electron chi connectivity index (χ3n) is 8.07. The van der Waals surface area contributed by atoms with Gasteiger partial charge in [-0.2, -0.15) is 0 Å². The molecule has 0 fully saturated rings. The molecule has 4 aromatic carbocycles. The molecule has 0 amide bonds. The van der Waals surface area contributed by atoms with Crippen molar-refractivity contribution >= 4 is 54.8 Å². The average molecular weight is 479 g/mol. The Labute approximate surface area is 211 Å². The second-order valence-corrected chi connectivity index (χ2v) is 10.1. The van der Waals surface area contributed by atoms with Gasteiger partial charge in [0.25, 0.3) is 11.1 Å². The van der Waals surface area contributed by atoms with Crippen molar-refractivity contribution in [3.05, 3.63) is 123 Å². The molecule has 1 aliphatic carbocycles. The Kier molecular flexibility index (Phi) is 3.97. The Balaban J connectivity index is 1.66. The molecule has 7 aromatic rings. The van der Waals surface area contributed by atoms with Crippen LogP contribution in [0.2, 0.25) is 0 Å². The molecule has 8 rings (SSSR count). The summed E-state index contributed by atoms with van der Waals surface area (Å²) in [6.45, 7) is 2.28. The zero-order chi connectivity index (χ0) is 24.8. The van der Waals surface area contributed by atoms with Crippen molar-refractivity contribution in [1.82, 2.24) is 8.97 Å². The number of hydrogen-bond donors (Lipinski definition) is 0. The van der Waals surface area contributed by atoms with Crippen LogP contribution in [0.5, 0.6) is 0 Å². The molecule has 0 N–H and O–H groups in total. The minimum atomic E-state index is -0.265. The van der Waals surface area contributed by atoms with Crippen molar-refractivity contribution in [2.24, 2.45) is 0 Å². The van der Waals surface area contributed by atoms with Crippen molar-refractivity contribution in [3.63, 3.8) is 0 Å². The molecule has 3 aromatic heterocycles. The lowest BCUT2D eigenvalue weighted by Gasteiger charge is -2.21. The number of hydrogen-bond acceptors (Lipinski definition) is 2. The molecule has 0 radical (unpaired) electrons. The summed E-state index contributed by atoms with van der Waals surface area (Å²) in [6, 6.07) is 28.1. The van der Waals surface area contributed by atoms with Crippen molar-refractivity contribution in [2.75, 3.05) is 0 Å². The number of para-hydroxylation sites is 1. The summed E-state index contributed by atoms with van der Waals surface area (Å²) in [5, 5.41) is 5.91. The van der Waals surface area contributed by atoms with Crippen LogP contribution in [0.1, 0.15) is 30.5 Å². The topological polar surface area (TPSA) is 43.5 Å². The lowest BCUT2D eigenvalue weighted by atomic mass is 9.93. The Morgan fingerprint density at radius 1 is 0.676 bits per heavy atom. The molecule has 0 saturated carbocycles. The van der Waals surface area contributed by atoms with Crippen LogP contribution in [0.3, 0.4) is 0 Å². The molecule has 1 aliphatic rings. The largest absolute Gasteiger partial charge is 0.313 e. The first-order chi connectivity index (χ1) is 18.1. The smallest absolute Gasteiger partial charge is 0.266 e. The Morgan fingerprint density at radius 2 is 1.22 bits per heavy atom. The fourth-order valence-corrected chi connectivity index (χ4v) is 6.47. The van der Waals surface area contributed by atoms with Crippen molar-refractivity contribution in [3.8, 4) is 5.69 Å². The maximum atomic E-state index is 13.6. The van der Waals surface area contributed by atoms with E-state index in [4.69, 9.17) is 0 Å². The van der Waals surface area contributed by atoms with Crippen molar-refractivity contribution in [1.29, 1.82) is 0 Å². The molecule has 4 nitrogen and oxygen atoms in total. The maximum absolute atomic E-state index is 13.6. The highest BCUT2D eigenvalue weighted by Gasteiger charge is 2.25. The van der Waals surface area contributed by atoms with Crippen molar-refractivity contribution in [2.45, 2.75) is 19.3 Å². The fraction of sp³-hybridized carbons (Fsp3) is 0.0909. The van der Waals surface area contributed by atoms with Crippen LogP contribution >= 0.6 is 0 Å². The van der Waals surface area contributed by atoms with E-state index in [9.17, 15) is 9.59 Å². The van der Waals surface area contributed by atoms with Crippen LogP contribution in [-0.4, -0.2) is 8.97 Å². The quantitative estimate of drug-likeness (QED) is 0.188. The van der Waals surface area contributed by atoms with Gasteiger partial charge >= 0.3 is 0 Å². The molecular formula is C33H22N2O2. The number of benzene rings is 4. The normalized spacial score (nSPS) is 15.4.